The van der Waals surface area contributed by atoms with Gasteiger partial charge in [0, 0.05) is 16.9 Å². The Hall–Kier alpha value is -4.36. The van der Waals surface area contributed by atoms with E-state index in [1.807, 2.05) is 0 Å². The maximum Gasteiger partial charge on any atom is 0.0464 e. The van der Waals surface area contributed by atoms with Gasteiger partial charge in [-0.1, -0.05) is 109 Å². The molecule has 0 atom stereocenters. The molecular weight excluding hydrogens is 398 g/mol. The van der Waals surface area contributed by atoms with Crippen molar-refractivity contribution in [2.24, 2.45) is 0 Å². The molecule has 6 rings (SSSR count). The van der Waals surface area contributed by atoms with Crippen molar-refractivity contribution in [1.82, 2.24) is 0 Å². The van der Waals surface area contributed by atoms with E-state index in [1.54, 1.807) is 0 Å². The topological polar surface area (TPSA) is 12.0 Å². The minimum atomic E-state index is 1.08. The smallest absolute Gasteiger partial charge is 0.0464 e. The molecule has 0 aromatic heterocycles. The molecule has 0 saturated carbocycles. The molecule has 1 nitrogen and oxygen atoms in total. The molecule has 0 aliphatic heterocycles. The highest BCUT2D eigenvalue weighted by Gasteiger charge is 2.09. The lowest BCUT2D eigenvalue weighted by Gasteiger charge is -2.15. The number of anilines is 2. The summed E-state index contributed by atoms with van der Waals surface area (Å²) >= 11 is 0. The fourth-order valence-corrected chi connectivity index (χ4v) is 4.56. The summed E-state index contributed by atoms with van der Waals surface area (Å²) in [6, 6.07) is 47.4. The molecule has 33 heavy (non-hydrogen) atoms. The Morgan fingerprint density at radius 3 is 1.91 bits per heavy atom. The summed E-state index contributed by atoms with van der Waals surface area (Å²) in [7, 11) is 0. The van der Waals surface area contributed by atoms with Crippen LogP contribution in [0.2, 0.25) is 0 Å². The number of nitrogens with one attached hydrogen (secondary N) is 1. The quantitative estimate of drug-likeness (QED) is 0.299. The van der Waals surface area contributed by atoms with Crippen LogP contribution < -0.4 is 5.32 Å². The second kappa shape index (κ2) is 8.29. The van der Waals surface area contributed by atoms with Crippen molar-refractivity contribution in [3.8, 4) is 22.3 Å². The van der Waals surface area contributed by atoms with Crippen LogP contribution in [0.25, 0.3) is 43.8 Å². The van der Waals surface area contributed by atoms with Gasteiger partial charge in [-0.2, -0.15) is 0 Å². The number of rotatable bonds is 4. The minimum absolute atomic E-state index is 1.08. The number of hydrogen-bond donors (Lipinski definition) is 1. The highest BCUT2D eigenvalue weighted by atomic mass is 14.9. The predicted octanol–water partition coefficient (Wildman–Crippen LogP) is 9.07. The molecule has 0 spiro atoms. The van der Waals surface area contributed by atoms with Crippen LogP contribution in [0.3, 0.4) is 0 Å². The standard InChI is InChI=1S/C32H23N/c1-2-10-26-22-27(17-16-23(26)8-1)24-18-20-28(21-19-24)33-32-15-6-5-13-31(32)30-14-7-11-25-9-3-4-12-29(25)30/h1-22,33H. The average Bonchev–Trinajstić information content (AvgIpc) is 2.89. The second-order valence-electron chi connectivity index (χ2n) is 8.34. The third-order valence-electron chi connectivity index (χ3n) is 6.25. The van der Waals surface area contributed by atoms with Gasteiger partial charge in [0.1, 0.15) is 0 Å². The summed E-state index contributed by atoms with van der Waals surface area (Å²) in [5.74, 6) is 0. The molecule has 156 valence electrons. The number of hydrogen-bond acceptors (Lipinski definition) is 1. The van der Waals surface area contributed by atoms with Gasteiger partial charge in [0.2, 0.25) is 0 Å². The Bertz CT molecular complexity index is 1570. The van der Waals surface area contributed by atoms with Crippen molar-refractivity contribution in [3.05, 3.63) is 133 Å². The SMILES string of the molecule is c1ccc(-c2cccc3ccccc23)c(Nc2ccc(-c3ccc4ccccc4c3)cc2)c1. The Kier molecular flexibility index (Phi) is 4.86. The molecule has 1 heteroatoms. The first-order chi connectivity index (χ1) is 16.3. The van der Waals surface area contributed by atoms with Crippen LogP contribution in [0.1, 0.15) is 0 Å². The largest absolute Gasteiger partial charge is 0.355 e. The van der Waals surface area contributed by atoms with E-state index in [0.29, 0.717) is 0 Å². The van der Waals surface area contributed by atoms with E-state index in [4.69, 9.17) is 0 Å². The van der Waals surface area contributed by atoms with Crippen LogP contribution >= 0.6 is 0 Å². The van der Waals surface area contributed by atoms with Crippen molar-refractivity contribution < 1.29 is 0 Å². The van der Waals surface area contributed by atoms with Gasteiger partial charge < -0.3 is 5.32 Å². The molecular formula is C32H23N. The summed E-state index contributed by atoms with van der Waals surface area (Å²) in [4.78, 5) is 0. The first kappa shape index (κ1) is 19.3. The van der Waals surface area contributed by atoms with Gasteiger partial charge in [0.05, 0.1) is 0 Å². The molecule has 0 fully saturated rings. The van der Waals surface area contributed by atoms with Gasteiger partial charge in [-0.15, -0.1) is 0 Å². The molecule has 0 radical (unpaired) electrons. The maximum absolute atomic E-state index is 3.64. The summed E-state index contributed by atoms with van der Waals surface area (Å²) < 4.78 is 0. The van der Waals surface area contributed by atoms with Crippen molar-refractivity contribution in [1.29, 1.82) is 0 Å². The first-order valence-electron chi connectivity index (χ1n) is 11.3. The van der Waals surface area contributed by atoms with E-state index in [-0.39, 0.29) is 0 Å². The third kappa shape index (κ3) is 3.75. The lowest BCUT2D eigenvalue weighted by molar-refractivity contribution is 1.54. The molecule has 0 amide bonds. The summed E-state index contributed by atoms with van der Waals surface area (Å²) in [6.45, 7) is 0. The van der Waals surface area contributed by atoms with E-state index in [0.717, 1.165) is 11.4 Å². The summed E-state index contributed by atoms with van der Waals surface area (Å²) in [5.41, 5.74) is 7.07. The Labute approximate surface area is 194 Å². The van der Waals surface area contributed by atoms with Crippen LogP contribution in [0.15, 0.2) is 133 Å². The van der Waals surface area contributed by atoms with Gasteiger partial charge in [-0.3, -0.25) is 0 Å². The predicted molar refractivity (Wildman–Crippen MR) is 142 cm³/mol. The minimum Gasteiger partial charge on any atom is -0.355 e. The van der Waals surface area contributed by atoms with E-state index >= 15 is 0 Å². The first-order valence-corrected chi connectivity index (χ1v) is 11.3. The van der Waals surface area contributed by atoms with E-state index in [9.17, 15) is 0 Å². The molecule has 0 bridgehead atoms. The number of para-hydroxylation sites is 1. The molecule has 6 aromatic rings. The highest BCUT2D eigenvalue weighted by Crippen LogP contribution is 2.35. The van der Waals surface area contributed by atoms with Crippen LogP contribution in [-0.2, 0) is 0 Å². The molecule has 0 aliphatic carbocycles. The highest BCUT2D eigenvalue weighted by molar-refractivity contribution is 6.00. The number of fused-ring (bicyclic) bond motifs is 2. The van der Waals surface area contributed by atoms with Crippen molar-refractivity contribution in [2.45, 2.75) is 0 Å². The summed E-state index contributed by atoms with van der Waals surface area (Å²) in [5, 5.41) is 8.70. The molecule has 0 unspecified atom stereocenters. The Balaban J connectivity index is 1.33. The lowest BCUT2D eigenvalue weighted by atomic mass is 9.97. The average molecular weight is 422 g/mol. The fourth-order valence-electron chi connectivity index (χ4n) is 4.56. The Morgan fingerprint density at radius 2 is 1.03 bits per heavy atom. The molecule has 0 saturated heterocycles. The maximum atomic E-state index is 3.64. The van der Waals surface area contributed by atoms with Gasteiger partial charge in [0.15, 0.2) is 0 Å². The van der Waals surface area contributed by atoms with E-state index < -0.39 is 0 Å². The van der Waals surface area contributed by atoms with Crippen LogP contribution in [0.5, 0.6) is 0 Å². The monoisotopic (exact) mass is 421 g/mol. The van der Waals surface area contributed by atoms with Crippen molar-refractivity contribution in [3.63, 3.8) is 0 Å². The van der Waals surface area contributed by atoms with Gasteiger partial charge in [0.25, 0.3) is 0 Å². The molecule has 0 aliphatic rings. The zero-order valence-corrected chi connectivity index (χ0v) is 18.2. The van der Waals surface area contributed by atoms with Crippen molar-refractivity contribution >= 4 is 32.9 Å². The fraction of sp³-hybridized carbons (Fsp3) is 0. The second-order valence-corrected chi connectivity index (χ2v) is 8.34. The number of benzene rings is 6. The molecule has 0 heterocycles. The normalized spacial score (nSPS) is 11.0. The zero-order valence-electron chi connectivity index (χ0n) is 18.2. The zero-order chi connectivity index (χ0) is 22.0. The Morgan fingerprint density at radius 1 is 0.394 bits per heavy atom. The van der Waals surface area contributed by atoms with Crippen LogP contribution in [0, 0.1) is 0 Å². The van der Waals surface area contributed by atoms with Gasteiger partial charge in [-0.05, 0) is 62.5 Å². The van der Waals surface area contributed by atoms with Crippen LogP contribution in [-0.4, -0.2) is 0 Å². The lowest BCUT2D eigenvalue weighted by Crippen LogP contribution is -1.94. The van der Waals surface area contributed by atoms with Gasteiger partial charge in [-0.25, -0.2) is 0 Å². The molecule has 1 N–H and O–H groups in total. The van der Waals surface area contributed by atoms with E-state index in [2.05, 4.69) is 139 Å². The van der Waals surface area contributed by atoms with Crippen LogP contribution in [0.4, 0.5) is 11.4 Å². The molecule has 6 aromatic carbocycles. The van der Waals surface area contributed by atoms with E-state index in [1.165, 1.54) is 43.8 Å². The third-order valence-corrected chi connectivity index (χ3v) is 6.25. The van der Waals surface area contributed by atoms with Crippen molar-refractivity contribution in [2.75, 3.05) is 5.32 Å². The van der Waals surface area contributed by atoms with Gasteiger partial charge >= 0.3 is 0 Å². The summed E-state index contributed by atoms with van der Waals surface area (Å²) in [6.07, 6.45) is 0.